The van der Waals surface area contributed by atoms with E-state index >= 15 is 4.79 Å². The van der Waals surface area contributed by atoms with Crippen LogP contribution in [0.15, 0.2) is 84.9 Å². The second-order valence-corrected chi connectivity index (χ2v) is 15.0. The fraction of sp³-hybridized carbons (Fsp3) is 0.476. The number of nitrogens with zero attached hydrogens (tertiary/aromatic N) is 1. The van der Waals surface area contributed by atoms with Crippen molar-refractivity contribution >= 4 is 33.4 Å². The molecule has 4 N–H and O–H groups in total. The molecule has 0 spiro atoms. The van der Waals surface area contributed by atoms with Crippen molar-refractivity contribution in [1.29, 1.82) is 0 Å². The van der Waals surface area contributed by atoms with Gasteiger partial charge in [-0.25, -0.2) is 0 Å². The number of primary amides is 1. The van der Waals surface area contributed by atoms with Crippen LogP contribution in [0, 0.1) is 5.41 Å². The largest absolute Gasteiger partial charge is 0.387 e. The predicted octanol–water partition coefficient (Wildman–Crippen LogP) is 8.43. The number of hydrogen-bond donors (Lipinski definition) is 3. The molecule has 0 heterocycles. The number of rotatable bonds is 8. The Kier molecular flexibility index (Phi) is 9.08. The lowest BCUT2D eigenvalue weighted by atomic mass is 9.67. The SMILES string of the molecule is NC(=O)C1(C(=O)N(C(c2cccc3ccccc23)C2(O)CCCCC2)C(c2cccc3ccccc23)C2(O)CCCCC2)CCCCC1. The van der Waals surface area contributed by atoms with E-state index in [0.717, 1.165) is 90.5 Å². The minimum Gasteiger partial charge on any atom is -0.387 e. The average molecular weight is 647 g/mol. The van der Waals surface area contributed by atoms with Gasteiger partial charge in [-0.05, 0) is 71.2 Å². The number of carbonyl (C=O) groups is 2. The van der Waals surface area contributed by atoms with Crippen molar-refractivity contribution in [1.82, 2.24) is 4.90 Å². The standard InChI is InChI=1S/C42H50N2O4/c43-38(45)40(24-8-1-9-25-40)39(46)44(36(41(47)26-10-2-11-27-41)34-22-14-18-30-16-4-6-20-32(30)34)37(42(48)28-12-3-13-29-42)35-23-15-19-31-17-5-7-21-33(31)35/h4-7,14-23,36-37,47-48H,1-3,8-13,24-29H2,(H2,43,45). The highest BCUT2D eigenvalue weighted by Gasteiger charge is 2.57. The number of benzene rings is 4. The van der Waals surface area contributed by atoms with Crippen LogP contribution in [0.25, 0.3) is 21.5 Å². The van der Waals surface area contributed by atoms with Gasteiger partial charge in [0.25, 0.3) is 0 Å². The van der Waals surface area contributed by atoms with Crippen LogP contribution in [0.1, 0.15) is 120 Å². The third kappa shape index (κ3) is 5.71. The number of amides is 2. The smallest absolute Gasteiger partial charge is 0.239 e. The lowest BCUT2D eigenvalue weighted by molar-refractivity contribution is -0.179. The summed E-state index contributed by atoms with van der Waals surface area (Å²) in [5.41, 5.74) is 4.04. The van der Waals surface area contributed by atoms with Crippen LogP contribution in [0.2, 0.25) is 0 Å². The summed E-state index contributed by atoms with van der Waals surface area (Å²) < 4.78 is 0. The number of fused-ring (bicyclic) bond motifs is 2. The van der Waals surface area contributed by atoms with Crippen molar-refractivity contribution in [2.45, 2.75) is 120 Å². The highest BCUT2D eigenvalue weighted by molar-refractivity contribution is 6.05. The van der Waals surface area contributed by atoms with E-state index in [0.29, 0.717) is 38.5 Å². The van der Waals surface area contributed by atoms with Crippen molar-refractivity contribution in [3.63, 3.8) is 0 Å². The first-order valence-corrected chi connectivity index (χ1v) is 18.3. The molecule has 252 valence electrons. The molecule has 0 radical (unpaired) electrons. The monoisotopic (exact) mass is 646 g/mol. The Morgan fingerprint density at radius 1 is 0.542 bits per heavy atom. The molecule has 3 fully saturated rings. The zero-order valence-electron chi connectivity index (χ0n) is 28.1. The van der Waals surface area contributed by atoms with E-state index in [-0.39, 0.29) is 5.91 Å². The van der Waals surface area contributed by atoms with E-state index < -0.39 is 34.6 Å². The van der Waals surface area contributed by atoms with Gasteiger partial charge in [0.1, 0.15) is 5.41 Å². The van der Waals surface area contributed by atoms with E-state index in [4.69, 9.17) is 5.73 Å². The fourth-order valence-corrected chi connectivity index (χ4v) is 9.60. The maximum Gasteiger partial charge on any atom is 0.239 e. The number of carbonyl (C=O) groups excluding carboxylic acids is 2. The van der Waals surface area contributed by atoms with Crippen LogP contribution in [-0.4, -0.2) is 38.1 Å². The van der Waals surface area contributed by atoms with Crippen molar-refractivity contribution in [3.8, 4) is 0 Å². The first kappa shape index (κ1) is 32.8. The van der Waals surface area contributed by atoms with Gasteiger partial charge in [-0.1, -0.05) is 143 Å². The van der Waals surface area contributed by atoms with E-state index in [1.807, 2.05) is 53.4 Å². The number of nitrogens with two attached hydrogens (primary N) is 1. The zero-order valence-corrected chi connectivity index (χ0v) is 28.1. The highest BCUT2D eigenvalue weighted by atomic mass is 16.3. The van der Waals surface area contributed by atoms with E-state index in [9.17, 15) is 15.0 Å². The lowest BCUT2D eigenvalue weighted by Crippen LogP contribution is -2.61. The van der Waals surface area contributed by atoms with Gasteiger partial charge in [-0.2, -0.15) is 0 Å². The molecule has 6 nitrogen and oxygen atoms in total. The second-order valence-electron chi connectivity index (χ2n) is 15.0. The summed E-state index contributed by atoms with van der Waals surface area (Å²) in [6, 6.07) is 26.9. The molecule has 3 aliphatic rings. The maximum atomic E-state index is 15.9. The van der Waals surface area contributed by atoms with Gasteiger partial charge in [0.05, 0.1) is 23.3 Å². The molecule has 0 aliphatic heterocycles. The minimum atomic E-state index is -1.42. The summed E-state index contributed by atoms with van der Waals surface area (Å²) in [5.74, 6) is -0.944. The number of hydrogen-bond acceptors (Lipinski definition) is 4. The highest BCUT2D eigenvalue weighted by Crippen LogP contribution is 2.54. The molecule has 6 heteroatoms. The van der Waals surface area contributed by atoms with Gasteiger partial charge in [0.15, 0.2) is 0 Å². The van der Waals surface area contributed by atoms with Crippen LogP contribution in [0.5, 0.6) is 0 Å². The molecular formula is C42H50N2O4. The molecule has 2 atom stereocenters. The Bertz CT molecular complexity index is 1660. The van der Waals surface area contributed by atoms with E-state index in [2.05, 4.69) is 36.4 Å². The molecule has 7 rings (SSSR count). The summed E-state index contributed by atoms with van der Waals surface area (Å²) >= 11 is 0. The molecule has 3 saturated carbocycles. The summed E-state index contributed by atoms with van der Waals surface area (Å²) in [7, 11) is 0. The van der Waals surface area contributed by atoms with Crippen LogP contribution in [-0.2, 0) is 9.59 Å². The Labute approximate surface area is 284 Å². The first-order valence-electron chi connectivity index (χ1n) is 18.3. The molecule has 4 aromatic carbocycles. The zero-order chi connectivity index (χ0) is 33.4. The topological polar surface area (TPSA) is 104 Å². The Morgan fingerprint density at radius 2 is 0.917 bits per heavy atom. The minimum absolute atomic E-state index is 0.344. The van der Waals surface area contributed by atoms with Gasteiger partial charge in [0, 0.05) is 0 Å². The fourth-order valence-electron chi connectivity index (χ4n) is 9.60. The van der Waals surface area contributed by atoms with E-state index in [1.54, 1.807) is 0 Å². The van der Waals surface area contributed by atoms with E-state index in [1.165, 1.54) is 0 Å². The Balaban J connectivity index is 1.58. The molecule has 3 aliphatic carbocycles. The third-order valence-corrected chi connectivity index (χ3v) is 12.1. The quantitative estimate of drug-likeness (QED) is 0.167. The molecule has 0 aromatic heterocycles. The summed E-state index contributed by atoms with van der Waals surface area (Å²) in [5, 5.41) is 30.1. The summed E-state index contributed by atoms with van der Waals surface area (Å²) in [6.07, 6.45) is 10.6. The van der Waals surface area contributed by atoms with Crippen molar-refractivity contribution < 1.29 is 19.8 Å². The number of aliphatic hydroxyl groups is 2. The average Bonchev–Trinajstić information content (AvgIpc) is 3.12. The van der Waals surface area contributed by atoms with Crippen molar-refractivity contribution in [3.05, 3.63) is 96.1 Å². The Morgan fingerprint density at radius 3 is 1.33 bits per heavy atom. The van der Waals surface area contributed by atoms with Gasteiger partial charge in [0.2, 0.25) is 11.8 Å². The molecule has 2 amide bonds. The molecule has 2 unspecified atom stereocenters. The molecule has 0 bridgehead atoms. The van der Waals surface area contributed by atoms with Crippen molar-refractivity contribution in [2.75, 3.05) is 0 Å². The second kappa shape index (κ2) is 13.3. The van der Waals surface area contributed by atoms with Gasteiger partial charge in [-0.15, -0.1) is 0 Å². The molecular weight excluding hydrogens is 596 g/mol. The lowest BCUT2D eigenvalue weighted by Gasteiger charge is -2.55. The molecule has 4 aromatic rings. The van der Waals surface area contributed by atoms with Gasteiger partial charge < -0.3 is 20.8 Å². The first-order chi connectivity index (χ1) is 23.3. The molecule has 48 heavy (non-hydrogen) atoms. The predicted molar refractivity (Wildman–Crippen MR) is 191 cm³/mol. The third-order valence-electron chi connectivity index (χ3n) is 12.1. The van der Waals surface area contributed by atoms with Crippen LogP contribution >= 0.6 is 0 Å². The van der Waals surface area contributed by atoms with Crippen LogP contribution in [0.3, 0.4) is 0 Å². The Hall–Kier alpha value is -3.74. The van der Waals surface area contributed by atoms with Gasteiger partial charge >= 0.3 is 0 Å². The van der Waals surface area contributed by atoms with Crippen LogP contribution in [0.4, 0.5) is 0 Å². The summed E-state index contributed by atoms with van der Waals surface area (Å²) in [6.45, 7) is 0. The van der Waals surface area contributed by atoms with Gasteiger partial charge in [-0.3, -0.25) is 9.59 Å². The maximum absolute atomic E-state index is 15.9. The summed E-state index contributed by atoms with van der Waals surface area (Å²) in [4.78, 5) is 31.5. The normalized spacial score (nSPS) is 21.7. The van der Waals surface area contributed by atoms with Crippen LogP contribution < -0.4 is 5.73 Å². The molecule has 0 saturated heterocycles. The van der Waals surface area contributed by atoms with Crippen molar-refractivity contribution in [2.24, 2.45) is 11.1 Å².